The third kappa shape index (κ3) is 2.61. The molecule has 3 aromatic rings. The molecule has 0 saturated carbocycles. The van der Waals surface area contributed by atoms with E-state index in [4.69, 9.17) is 8.83 Å². The number of thiophene rings is 1. The molecule has 0 aliphatic carbocycles. The summed E-state index contributed by atoms with van der Waals surface area (Å²) in [5.74, 6) is 1.56. The number of furan rings is 2. The van der Waals surface area contributed by atoms with E-state index < -0.39 is 0 Å². The van der Waals surface area contributed by atoms with Gasteiger partial charge in [-0.2, -0.15) is 11.3 Å². The van der Waals surface area contributed by atoms with Crippen molar-refractivity contribution < 1.29 is 13.6 Å². The summed E-state index contributed by atoms with van der Waals surface area (Å²) in [6, 6.07) is 9.05. The molecule has 4 nitrogen and oxygen atoms in total. The van der Waals surface area contributed by atoms with E-state index in [1.807, 2.05) is 29.0 Å². The molecule has 3 rings (SSSR count). The second-order valence-electron chi connectivity index (χ2n) is 3.94. The van der Waals surface area contributed by atoms with Gasteiger partial charge in [0.15, 0.2) is 5.76 Å². The summed E-state index contributed by atoms with van der Waals surface area (Å²) in [5.41, 5.74) is 1.05. The van der Waals surface area contributed by atoms with Gasteiger partial charge in [-0.25, -0.2) is 0 Å². The van der Waals surface area contributed by atoms with Crippen LogP contribution in [0.3, 0.4) is 0 Å². The van der Waals surface area contributed by atoms with E-state index in [9.17, 15) is 4.79 Å². The predicted octanol–water partition coefficient (Wildman–Crippen LogP) is 3.53. The minimum Gasteiger partial charge on any atom is -0.459 e. The normalized spacial score (nSPS) is 10.5. The maximum Gasteiger partial charge on any atom is 0.287 e. The van der Waals surface area contributed by atoms with Crippen LogP contribution >= 0.6 is 11.3 Å². The van der Waals surface area contributed by atoms with E-state index in [0.29, 0.717) is 18.1 Å². The van der Waals surface area contributed by atoms with E-state index in [1.165, 1.54) is 6.26 Å². The first kappa shape index (κ1) is 11.8. The van der Waals surface area contributed by atoms with Crippen molar-refractivity contribution in [2.45, 2.75) is 6.54 Å². The van der Waals surface area contributed by atoms with Crippen molar-refractivity contribution in [3.63, 3.8) is 0 Å². The van der Waals surface area contributed by atoms with Gasteiger partial charge in [0.25, 0.3) is 5.91 Å². The van der Waals surface area contributed by atoms with Gasteiger partial charge in [-0.1, -0.05) is 0 Å². The van der Waals surface area contributed by atoms with Crippen molar-refractivity contribution in [1.29, 1.82) is 0 Å². The number of amides is 1. The van der Waals surface area contributed by atoms with E-state index in [0.717, 1.165) is 11.3 Å². The average molecular weight is 273 g/mol. The molecule has 0 unspecified atom stereocenters. The fourth-order valence-electron chi connectivity index (χ4n) is 1.70. The minimum absolute atomic E-state index is 0.251. The van der Waals surface area contributed by atoms with Gasteiger partial charge >= 0.3 is 0 Å². The Balaban J connectivity index is 1.63. The Kier molecular flexibility index (Phi) is 3.20. The van der Waals surface area contributed by atoms with E-state index in [1.54, 1.807) is 23.5 Å². The van der Waals surface area contributed by atoms with Crippen molar-refractivity contribution in [3.8, 4) is 11.3 Å². The number of hydrogen-bond donors (Lipinski definition) is 1. The lowest BCUT2D eigenvalue weighted by atomic mass is 10.3. The SMILES string of the molecule is O=C(NCc1ccc(-c2ccsc2)o1)c1ccco1. The van der Waals surface area contributed by atoms with Crippen LogP contribution in [0.2, 0.25) is 0 Å². The van der Waals surface area contributed by atoms with Gasteiger partial charge in [-0.05, 0) is 35.7 Å². The molecule has 3 aromatic heterocycles. The van der Waals surface area contributed by atoms with Gasteiger partial charge in [-0.3, -0.25) is 4.79 Å². The van der Waals surface area contributed by atoms with Crippen LogP contribution in [0.1, 0.15) is 16.3 Å². The van der Waals surface area contributed by atoms with Crippen LogP contribution < -0.4 is 5.32 Å². The number of carbonyl (C=O) groups excluding carboxylic acids is 1. The minimum atomic E-state index is -0.251. The van der Waals surface area contributed by atoms with Crippen LogP contribution in [0.25, 0.3) is 11.3 Å². The van der Waals surface area contributed by atoms with Crippen LogP contribution in [-0.4, -0.2) is 5.91 Å². The molecule has 1 N–H and O–H groups in total. The maximum atomic E-state index is 11.7. The van der Waals surface area contributed by atoms with Crippen molar-refractivity contribution in [1.82, 2.24) is 5.32 Å². The number of rotatable bonds is 4. The van der Waals surface area contributed by atoms with Gasteiger partial charge < -0.3 is 14.2 Å². The van der Waals surface area contributed by atoms with Gasteiger partial charge in [0.2, 0.25) is 0 Å². The van der Waals surface area contributed by atoms with E-state index >= 15 is 0 Å². The molecule has 0 atom stereocenters. The first-order valence-electron chi connectivity index (χ1n) is 5.76. The molecular formula is C14H11NO3S. The quantitative estimate of drug-likeness (QED) is 0.791. The molecule has 0 radical (unpaired) electrons. The van der Waals surface area contributed by atoms with Crippen molar-refractivity contribution in [2.75, 3.05) is 0 Å². The van der Waals surface area contributed by atoms with E-state index in [-0.39, 0.29) is 5.91 Å². The summed E-state index contributed by atoms with van der Waals surface area (Å²) in [7, 11) is 0. The van der Waals surface area contributed by atoms with Crippen LogP contribution in [0.5, 0.6) is 0 Å². The summed E-state index contributed by atoms with van der Waals surface area (Å²) in [6.07, 6.45) is 1.47. The molecule has 1 amide bonds. The second kappa shape index (κ2) is 5.16. The van der Waals surface area contributed by atoms with Crippen LogP contribution in [0, 0.1) is 0 Å². The highest BCUT2D eigenvalue weighted by Gasteiger charge is 2.10. The predicted molar refractivity (Wildman–Crippen MR) is 71.9 cm³/mol. The summed E-state index contributed by atoms with van der Waals surface area (Å²) in [5, 5.41) is 6.75. The average Bonchev–Trinajstić information content (AvgIpc) is 3.14. The summed E-state index contributed by atoms with van der Waals surface area (Å²) < 4.78 is 10.7. The largest absolute Gasteiger partial charge is 0.459 e. The first-order valence-corrected chi connectivity index (χ1v) is 6.70. The second-order valence-corrected chi connectivity index (χ2v) is 4.72. The first-order chi connectivity index (χ1) is 9.33. The highest BCUT2D eigenvalue weighted by molar-refractivity contribution is 7.08. The van der Waals surface area contributed by atoms with Gasteiger partial charge in [0.1, 0.15) is 11.5 Å². The number of carbonyl (C=O) groups is 1. The van der Waals surface area contributed by atoms with Gasteiger partial charge in [0.05, 0.1) is 12.8 Å². The Hall–Kier alpha value is -2.27. The number of hydrogen-bond acceptors (Lipinski definition) is 4. The molecule has 5 heteroatoms. The number of nitrogens with one attached hydrogen (secondary N) is 1. The van der Waals surface area contributed by atoms with Crippen LogP contribution in [-0.2, 0) is 6.54 Å². The van der Waals surface area contributed by atoms with Crippen molar-refractivity contribution in [3.05, 3.63) is 58.9 Å². The molecular weight excluding hydrogens is 262 g/mol. The lowest BCUT2D eigenvalue weighted by Crippen LogP contribution is -2.21. The Morgan fingerprint density at radius 3 is 2.95 bits per heavy atom. The van der Waals surface area contributed by atoms with Crippen LogP contribution in [0.4, 0.5) is 0 Å². The Morgan fingerprint density at radius 1 is 1.26 bits per heavy atom. The molecule has 0 bridgehead atoms. The third-order valence-electron chi connectivity index (χ3n) is 2.64. The summed E-state index contributed by atoms with van der Waals surface area (Å²) in [6.45, 7) is 0.337. The lowest BCUT2D eigenvalue weighted by Gasteiger charge is -2.00. The molecule has 0 aromatic carbocycles. The Morgan fingerprint density at radius 2 is 2.21 bits per heavy atom. The van der Waals surface area contributed by atoms with E-state index in [2.05, 4.69) is 5.32 Å². The van der Waals surface area contributed by atoms with Gasteiger partial charge in [-0.15, -0.1) is 0 Å². The molecule has 0 aliphatic rings. The molecule has 0 fully saturated rings. The Bertz CT molecular complexity index is 653. The standard InChI is InChI=1S/C14H11NO3S/c16-14(13-2-1-6-17-13)15-8-11-3-4-12(18-11)10-5-7-19-9-10/h1-7,9H,8H2,(H,15,16). The zero-order valence-electron chi connectivity index (χ0n) is 9.96. The molecule has 19 heavy (non-hydrogen) atoms. The monoisotopic (exact) mass is 273 g/mol. The fraction of sp³-hybridized carbons (Fsp3) is 0.0714. The Labute approximate surface area is 113 Å². The zero-order valence-corrected chi connectivity index (χ0v) is 10.8. The third-order valence-corrected chi connectivity index (χ3v) is 3.32. The summed E-state index contributed by atoms with van der Waals surface area (Å²) >= 11 is 1.62. The summed E-state index contributed by atoms with van der Waals surface area (Å²) in [4.78, 5) is 11.7. The highest BCUT2D eigenvalue weighted by Crippen LogP contribution is 2.24. The smallest absolute Gasteiger partial charge is 0.287 e. The lowest BCUT2D eigenvalue weighted by molar-refractivity contribution is 0.0920. The molecule has 0 spiro atoms. The topological polar surface area (TPSA) is 55.4 Å². The van der Waals surface area contributed by atoms with Crippen LogP contribution in [0.15, 0.2) is 56.2 Å². The highest BCUT2D eigenvalue weighted by atomic mass is 32.1. The zero-order chi connectivity index (χ0) is 13.1. The molecule has 96 valence electrons. The molecule has 3 heterocycles. The van der Waals surface area contributed by atoms with Gasteiger partial charge in [0, 0.05) is 10.9 Å². The maximum absolute atomic E-state index is 11.7. The fourth-order valence-corrected chi connectivity index (χ4v) is 2.34. The van der Waals surface area contributed by atoms with Crippen molar-refractivity contribution in [2.24, 2.45) is 0 Å². The molecule has 0 saturated heterocycles. The molecule has 0 aliphatic heterocycles. The van der Waals surface area contributed by atoms with Crippen molar-refractivity contribution >= 4 is 17.2 Å².